The van der Waals surface area contributed by atoms with Crippen molar-refractivity contribution < 1.29 is 9.47 Å². The van der Waals surface area contributed by atoms with Crippen molar-refractivity contribution in [3.05, 3.63) is 23.8 Å². The Hall–Kier alpha value is -1.91. The smallest absolute Gasteiger partial charge is 0.188 e. The predicted octanol–water partition coefficient (Wildman–Crippen LogP) is 3.37. The summed E-state index contributed by atoms with van der Waals surface area (Å²) in [5, 5.41) is 3.19. The van der Waals surface area contributed by atoms with E-state index in [4.69, 9.17) is 15.2 Å². The van der Waals surface area contributed by atoms with Crippen molar-refractivity contribution in [2.75, 3.05) is 27.3 Å². The lowest BCUT2D eigenvalue weighted by atomic mass is 10.0. The number of hydrogen-bond acceptors (Lipinski definition) is 3. The van der Waals surface area contributed by atoms with Gasteiger partial charge in [-0.3, -0.25) is 4.99 Å². The maximum atomic E-state index is 5.92. The van der Waals surface area contributed by atoms with Crippen LogP contribution in [0.4, 0.5) is 0 Å². The highest BCUT2D eigenvalue weighted by molar-refractivity contribution is 5.77. The lowest BCUT2D eigenvalue weighted by molar-refractivity contribution is 0.354. The van der Waals surface area contributed by atoms with Crippen LogP contribution < -0.4 is 20.5 Å². The fraction of sp³-hybridized carbons (Fsp3) is 0.632. The zero-order valence-electron chi connectivity index (χ0n) is 15.6. The zero-order chi connectivity index (χ0) is 17.8. The molecule has 136 valence electrons. The Morgan fingerprint density at radius 3 is 2.58 bits per heavy atom. The minimum atomic E-state index is 0.406. The fourth-order valence-corrected chi connectivity index (χ4v) is 2.55. The van der Waals surface area contributed by atoms with Crippen molar-refractivity contribution in [3.63, 3.8) is 0 Å². The largest absolute Gasteiger partial charge is 0.493 e. The number of methoxy groups -OCH3 is 2. The van der Waals surface area contributed by atoms with E-state index in [0.717, 1.165) is 30.9 Å². The third kappa shape index (κ3) is 7.57. The second kappa shape index (κ2) is 11.6. The van der Waals surface area contributed by atoms with Gasteiger partial charge < -0.3 is 20.5 Å². The minimum absolute atomic E-state index is 0.406. The molecule has 0 aliphatic rings. The molecule has 1 rings (SSSR count). The van der Waals surface area contributed by atoms with Gasteiger partial charge in [-0.15, -0.1) is 0 Å². The molecule has 3 N–H and O–H groups in total. The number of nitrogens with one attached hydrogen (secondary N) is 1. The first kappa shape index (κ1) is 20.1. The first-order valence-corrected chi connectivity index (χ1v) is 8.85. The molecule has 5 nitrogen and oxygen atoms in total. The molecule has 0 amide bonds. The van der Waals surface area contributed by atoms with E-state index in [1.807, 2.05) is 12.1 Å². The van der Waals surface area contributed by atoms with Gasteiger partial charge in [-0.25, -0.2) is 0 Å². The summed E-state index contributed by atoms with van der Waals surface area (Å²) in [7, 11) is 3.30. The normalized spacial score (nSPS) is 12.8. The molecular formula is C19H33N3O2. The standard InChI is InChI=1S/C19H33N3O2/c1-5-6-7-8-11-21-19(20)22-14-15(2)12-16-9-10-17(23-3)18(13-16)24-4/h9-10,13,15H,5-8,11-12,14H2,1-4H3,(H3,20,21,22). The van der Waals surface area contributed by atoms with Crippen molar-refractivity contribution >= 4 is 5.96 Å². The van der Waals surface area contributed by atoms with Crippen LogP contribution in [0.25, 0.3) is 0 Å². The van der Waals surface area contributed by atoms with Crippen LogP contribution in [0.3, 0.4) is 0 Å². The molecular weight excluding hydrogens is 302 g/mol. The Kier molecular flexibility index (Phi) is 9.73. The molecule has 0 spiro atoms. The number of aliphatic imine (C=N–C) groups is 1. The zero-order valence-corrected chi connectivity index (χ0v) is 15.6. The summed E-state index contributed by atoms with van der Waals surface area (Å²) in [5.41, 5.74) is 7.13. The average Bonchev–Trinajstić information content (AvgIpc) is 2.59. The summed E-state index contributed by atoms with van der Waals surface area (Å²) in [6.45, 7) is 6.00. The lowest BCUT2D eigenvalue weighted by Crippen LogP contribution is -2.33. The number of rotatable bonds is 11. The third-order valence-corrected chi connectivity index (χ3v) is 3.94. The van der Waals surface area contributed by atoms with Gasteiger partial charge >= 0.3 is 0 Å². The second-order valence-corrected chi connectivity index (χ2v) is 6.21. The molecule has 1 atom stereocenters. The van der Waals surface area contributed by atoms with Gasteiger partial charge in [0.2, 0.25) is 0 Å². The van der Waals surface area contributed by atoms with E-state index in [1.54, 1.807) is 14.2 Å². The lowest BCUT2D eigenvalue weighted by Gasteiger charge is -2.13. The molecule has 0 aliphatic carbocycles. The van der Waals surface area contributed by atoms with Gasteiger partial charge in [-0.2, -0.15) is 0 Å². The second-order valence-electron chi connectivity index (χ2n) is 6.21. The molecule has 5 heteroatoms. The quantitative estimate of drug-likeness (QED) is 0.369. The van der Waals surface area contributed by atoms with Crippen LogP contribution >= 0.6 is 0 Å². The minimum Gasteiger partial charge on any atom is -0.493 e. The Bertz CT molecular complexity index is 503. The van der Waals surface area contributed by atoms with Crippen molar-refractivity contribution in [1.82, 2.24) is 5.32 Å². The van der Waals surface area contributed by atoms with E-state index in [2.05, 4.69) is 30.2 Å². The Labute approximate surface area is 146 Å². The van der Waals surface area contributed by atoms with Gasteiger partial charge in [0.25, 0.3) is 0 Å². The number of guanidine groups is 1. The number of hydrogen-bond donors (Lipinski definition) is 2. The molecule has 1 aromatic rings. The van der Waals surface area contributed by atoms with Crippen molar-refractivity contribution in [1.29, 1.82) is 0 Å². The van der Waals surface area contributed by atoms with E-state index >= 15 is 0 Å². The maximum absolute atomic E-state index is 5.92. The van der Waals surface area contributed by atoms with E-state index in [1.165, 1.54) is 24.8 Å². The Morgan fingerprint density at radius 1 is 1.17 bits per heavy atom. The summed E-state index contributed by atoms with van der Waals surface area (Å²) >= 11 is 0. The van der Waals surface area contributed by atoms with Gasteiger partial charge in [0, 0.05) is 13.1 Å². The highest BCUT2D eigenvalue weighted by atomic mass is 16.5. The molecule has 0 fully saturated rings. The molecule has 0 heterocycles. The van der Waals surface area contributed by atoms with Crippen molar-refractivity contribution in [2.45, 2.75) is 46.0 Å². The predicted molar refractivity (Wildman–Crippen MR) is 101 cm³/mol. The SMILES string of the molecule is CCCCCCNC(N)=NCC(C)Cc1ccc(OC)c(OC)c1. The van der Waals surface area contributed by atoms with Crippen molar-refractivity contribution in [3.8, 4) is 11.5 Å². The summed E-state index contributed by atoms with van der Waals surface area (Å²) in [6, 6.07) is 6.03. The van der Waals surface area contributed by atoms with E-state index in [9.17, 15) is 0 Å². The van der Waals surface area contributed by atoms with Gasteiger partial charge in [-0.05, 0) is 36.5 Å². The van der Waals surface area contributed by atoms with Crippen LogP contribution in [0.1, 0.15) is 45.1 Å². The summed E-state index contributed by atoms with van der Waals surface area (Å²) in [4.78, 5) is 4.44. The van der Waals surface area contributed by atoms with Crippen LogP contribution in [-0.4, -0.2) is 33.3 Å². The number of nitrogens with zero attached hydrogens (tertiary/aromatic N) is 1. The molecule has 0 aromatic heterocycles. The van der Waals surface area contributed by atoms with Crippen LogP contribution in [0.5, 0.6) is 11.5 Å². The number of nitrogens with two attached hydrogens (primary N) is 1. The molecule has 0 radical (unpaired) electrons. The third-order valence-electron chi connectivity index (χ3n) is 3.94. The van der Waals surface area contributed by atoms with E-state index < -0.39 is 0 Å². The van der Waals surface area contributed by atoms with Crippen molar-refractivity contribution in [2.24, 2.45) is 16.6 Å². The number of unbranched alkanes of at least 4 members (excludes halogenated alkanes) is 3. The molecule has 1 aromatic carbocycles. The van der Waals surface area contributed by atoms with E-state index in [-0.39, 0.29) is 0 Å². The number of benzene rings is 1. The van der Waals surface area contributed by atoms with Gasteiger partial charge in [0.15, 0.2) is 17.5 Å². The number of ether oxygens (including phenoxy) is 2. The molecule has 0 saturated carbocycles. The first-order valence-electron chi connectivity index (χ1n) is 8.85. The van der Waals surface area contributed by atoms with Gasteiger partial charge in [0.1, 0.15) is 0 Å². The molecule has 0 saturated heterocycles. The summed E-state index contributed by atoms with van der Waals surface area (Å²) in [5.74, 6) is 2.47. The Balaban J connectivity index is 2.39. The van der Waals surface area contributed by atoms with Crippen LogP contribution in [0.2, 0.25) is 0 Å². The highest BCUT2D eigenvalue weighted by Gasteiger charge is 2.08. The van der Waals surface area contributed by atoms with E-state index in [0.29, 0.717) is 18.4 Å². The van der Waals surface area contributed by atoms with Crippen LogP contribution in [-0.2, 0) is 6.42 Å². The van der Waals surface area contributed by atoms with Crippen LogP contribution in [0.15, 0.2) is 23.2 Å². The van der Waals surface area contributed by atoms with Gasteiger partial charge in [0.05, 0.1) is 14.2 Å². The topological polar surface area (TPSA) is 68.9 Å². The summed E-state index contributed by atoms with van der Waals surface area (Å²) < 4.78 is 10.6. The summed E-state index contributed by atoms with van der Waals surface area (Å²) in [6.07, 6.45) is 5.84. The first-order chi connectivity index (χ1) is 11.6. The molecule has 0 bridgehead atoms. The monoisotopic (exact) mass is 335 g/mol. The van der Waals surface area contributed by atoms with Crippen LogP contribution in [0, 0.1) is 5.92 Å². The molecule has 0 aliphatic heterocycles. The van der Waals surface area contributed by atoms with Gasteiger partial charge in [-0.1, -0.05) is 39.2 Å². The molecule has 1 unspecified atom stereocenters. The fourth-order valence-electron chi connectivity index (χ4n) is 2.55. The maximum Gasteiger partial charge on any atom is 0.188 e. The highest BCUT2D eigenvalue weighted by Crippen LogP contribution is 2.28. The average molecular weight is 335 g/mol. The molecule has 24 heavy (non-hydrogen) atoms. The Morgan fingerprint density at radius 2 is 1.92 bits per heavy atom.